The van der Waals surface area contributed by atoms with Gasteiger partial charge in [-0.2, -0.15) is 0 Å². The number of hydrogen-bond donors (Lipinski definition) is 1. The van der Waals surface area contributed by atoms with Crippen LogP contribution in [0.1, 0.15) is 19.3 Å². The van der Waals surface area contributed by atoms with Crippen LogP contribution in [-0.4, -0.2) is 19.5 Å². The van der Waals surface area contributed by atoms with Gasteiger partial charge in [0.1, 0.15) is 0 Å². The quantitative estimate of drug-likeness (QED) is 0.629. The minimum atomic E-state index is -2.37. The lowest BCUT2D eigenvalue weighted by atomic mass is 10.1. The Labute approximate surface area is 59.8 Å². The lowest BCUT2D eigenvalue weighted by molar-refractivity contribution is 0.00516. The molecule has 0 unspecified atom stereocenters. The normalized spacial score (nSPS) is 30.9. The molecule has 1 rings (SSSR count). The molecular weight excluding hydrogens is 136 g/mol. The summed E-state index contributed by atoms with van der Waals surface area (Å²) in [5, 5.41) is 2.91. The molecule has 1 nitrogen and oxygen atoms in total. The summed E-state index contributed by atoms with van der Waals surface area (Å²) in [4.78, 5) is 0. The summed E-state index contributed by atoms with van der Waals surface area (Å²) in [6.45, 7) is 0.732. The van der Waals surface area contributed by atoms with E-state index >= 15 is 0 Å². The average Bonchev–Trinajstić information content (AvgIpc) is 2.12. The van der Waals surface area contributed by atoms with Crippen molar-refractivity contribution in [3.8, 4) is 0 Å². The highest BCUT2D eigenvalue weighted by atomic mass is 19.3. The first kappa shape index (κ1) is 7.92. The van der Waals surface area contributed by atoms with E-state index in [9.17, 15) is 8.78 Å². The molecule has 60 valence electrons. The molecule has 0 spiro atoms. The summed E-state index contributed by atoms with van der Waals surface area (Å²) < 4.78 is 25.0. The molecule has 1 saturated carbocycles. The number of alkyl halides is 2. The second-order valence-corrected chi connectivity index (χ2v) is 3.02. The van der Waals surface area contributed by atoms with Crippen LogP contribution in [-0.2, 0) is 0 Å². The molecule has 1 aliphatic carbocycles. The van der Waals surface area contributed by atoms with Gasteiger partial charge >= 0.3 is 0 Å². The molecule has 0 aromatic heterocycles. The molecule has 0 heterocycles. The Hall–Kier alpha value is -0.180. The highest BCUT2D eigenvalue weighted by Crippen LogP contribution is 2.38. The van der Waals surface area contributed by atoms with Crippen LogP contribution in [0.25, 0.3) is 0 Å². The van der Waals surface area contributed by atoms with E-state index in [1.807, 2.05) is 0 Å². The van der Waals surface area contributed by atoms with Crippen LogP contribution >= 0.6 is 0 Å². The van der Waals surface area contributed by atoms with Crippen molar-refractivity contribution in [2.75, 3.05) is 13.6 Å². The molecule has 0 aromatic carbocycles. The van der Waals surface area contributed by atoms with Crippen LogP contribution in [0.4, 0.5) is 8.78 Å². The summed E-state index contributed by atoms with van der Waals surface area (Å²) in [7, 11) is 1.80. The van der Waals surface area contributed by atoms with E-state index in [0.29, 0.717) is 6.42 Å². The Morgan fingerprint density at radius 3 is 2.70 bits per heavy atom. The summed E-state index contributed by atoms with van der Waals surface area (Å²) in [5.41, 5.74) is 0. The minimum absolute atomic E-state index is 0.0772. The molecule has 1 fully saturated rings. The standard InChI is InChI=1S/C7H13F2N/c1-10-5-6-2-3-7(8,9)4-6/h6,10H,2-5H2,1H3/t6-/m1/s1. The maximum Gasteiger partial charge on any atom is 0.248 e. The van der Waals surface area contributed by atoms with Gasteiger partial charge in [0.05, 0.1) is 0 Å². The molecule has 0 amide bonds. The molecule has 10 heavy (non-hydrogen) atoms. The van der Waals surface area contributed by atoms with Crippen molar-refractivity contribution in [2.24, 2.45) is 5.92 Å². The monoisotopic (exact) mass is 149 g/mol. The molecule has 0 radical (unpaired) electrons. The van der Waals surface area contributed by atoms with E-state index in [4.69, 9.17) is 0 Å². The highest BCUT2D eigenvalue weighted by molar-refractivity contribution is 4.81. The summed E-state index contributed by atoms with van der Waals surface area (Å²) in [5.74, 6) is -2.18. The first-order chi connectivity index (χ1) is 4.64. The molecule has 0 aliphatic heterocycles. The van der Waals surface area contributed by atoms with Gasteiger partial charge in [0, 0.05) is 12.8 Å². The molecular formula is C7H13F2N. The summed E-state index contributed by atoms with van der Waals surface area (Å²) in [6, 6.07) is 0. The second-order valence-electron chi connectivity index (χ2n) is 3.02. The van der Waals surface area contributed by atoms with Crippen LogP contribution in [0.3, 0.4) is 0 Å². The maximum atomic E-state index is 12.5. The Bertz CT molecular complexity index is 114. The van der Waals surface area contributed by atoms with Crippen LogP contribution in [0.5, 0.6) is 0 Å². The van der Waals surface area contributed by atoms with Crippen molar-refractivity contribution < 1.29 is 8.78 Å². The molecule has 3 heteroatoms. The third-order valence-corrected chi connectivity index (χ3v) is 2.00. The smallest absolute Gasteiger partial charge is 0.248 e. The van der Waals surface area contributed by atoms with E-state index in [-0.39, 0.29) is 18.8 Å². The van der Waals surface area contributed by atoms with Crippen LogP contribution in [0.2, 0.25) is 0 Å². The second kappa shape index (κ2) is 2.82. The van der Waals surface area contributed by atoms with Crippen molar-refractivity contribution in [2.45, 2.75) is 25.2 Å². The zero-order valence-corrected chi connectivity index (χ0v) is 6.16. The van der Waals surface area contributed by atoms with Crippen LogP contribution < -0.4 is 5.32 Å². The van der Waals surface area contributed by atoms with Crippen molar-refractivity contribution in [1.82, 2.24) is 5.32 Å². The Kier molecular flexibility index (Phi) is 2.24. The fourth-order valence-corrected chi connectivity index (χ4v) is 1.50. The van der Waals surface area contributed by atoms with E-state index in [2.05, 4.69) is 5.32 Å². The van der Waals surface area contributed by atoms with Gasteiger partial charge < -0.3 is 5.32 Å². The van der Waals surface area contributed by atoms with Crippen LogP contribution in [0, 0.1) is 5.92 Å². The maximum absolute atomic E-state index is 12.5. The number of rotatable bonds is 2. The molecule has 1 aliphatic rings. The molecule has 0 aromatic rings. The molecule has 1 N–H and O–H groups in total. The van der Waals surface area contributed by atoms with Gasteiger partial charge in [-0.15, -0.1) is 0 Å². The predicted molar refractivity (Wildman–Crippen MR) is 36.2 cm³/mol. The number of halogens is 2. The summed E-state index contributed by atoms with van der Waals surface area (Å²) in [6.07, 6.45) is 0.834. The zero-order valence-electron chi connectivity index (χ0n) is 6.16. The third-order valence-electron chi connectivity index (χ3n) is 2.00. The Morgan fingerprint density at radius 1 is 1.60 bits per heavy atom. The molecule has 0 saturated heterocycles. The van der Waals surface area contributed by atoms with Crippen molar-refractivity contribution in [1.29, 1.82) is 0 Å². The molecule has 0 bridgehead atoms. The first-order valence-electron chi connectivity index (χ1n) is 3.66. The van der Waals surface area contributed by atoms with Gasteiger partial charge in [0.15, 0.2) is 0 Å². The zero-order chi connectivity index (χ0) is 7.61. The van der Waals surface area contributed by atoms with E-state index < -0.39 is 5.92 Å². The van der Waals surface area contributed by atoms with Gasteiger partial charge in [-0.25, -0.2) is 8.78 Å². The van der Waals surface area contributed by atoms with Crippen molar-refractivity contribution in [3.05, 3.63) is 0 Å². The predicted octanol–water partition coefficient (Wildman–Crippen LogP) is 1.64. The lowest BCUT2D eigenvalue weighted by Crippen LogP contribution is -2.18. The molecule has 1 atom stereocenters. The van der Waals surface area contributed by atoms with Crippen LogP contribution in [0.15, 0.2) is 0 Å². The van der Waals surface area contributed by atoms with E-state index in [1.54, 1.807) is 7.05 Å². The highest BCUT2D eigenvalue weighted by Gasteiger charge is 2.38. The van der Waals surface area contributed by atoms with Crippen molar-refractivity contribution >= 4 is 0 Å². The average molecular weight is 149 g/mol. The minimum Gasteiger partial charge on any atom is -0.319 e. The Morgan fingerprint density at radius 2 is 2.30 bits per heavy atom. The first-order valence-corrected chi connectivity index (χ1v) is 3.66. The van der Waals surface area contributed by atoms with Gasteiger partial charge in [0.25, 0.3) is 0 Å². The number of nitrogens with one attached hydrogen (secondary N) is 1. The number of hydrogen-bond acceptors (Lipinski definition) is 1. The largest absolute Gasteiger partial charge is 0.319 e. The van der Waals surface area contributed by atoms with Gasteiger partial charge in [-0.05, 0) is 25.9 Å². The van der Waals surface area contributed by atoms with Gasteiger partial charge in [0.2, 0.25) is 5.92 Å². The lowest BCUT2D eigenvalue weighted by Gasteiger charge is -2.08. The third kappa shape index (κ3) is 1.90. The topological polar surface area (TPSA) is 12.0 Å². The van der Waals surface area contributed by atoms with Gasteiger partial charge in [-0.1, -0.05) is 0 Å². The van der Waals surface area contributed by atoms with E-state index in [1.165, 1.54) is 0 Å². The van der Waals surface area contributed by atoms with Gasteiger partial charge in [-0.3, -0.25) is 0 Å². The summed E-state index contributed by atoms with van der Waals surface area (Å²) >= 11 is 0. The fourth-order valence-electron chi connectivity index (χ4n) is 1.50. The van der Waals surface area contributed by atoms with E-state index in [0.717, 1.165) is 6.54 Å². The van der Waals surface area contributed by atoms with Crippen molar-refractivity contribution in [3.63, 3.8) is 0 Å². The Balaban J connectivity index is 2.29. The fraction of sp³-hybridized carbons (Fsp3) is 1.00. The SMILES string of the molecule is CNC[C@@H]1CCC(F)(F)C1.